The first-order valence-electron chi connectivity index (χ1n) is 9.02. The molecule has 3 rings (SSSR count). The van der Waals surface area contributed by atoms with Gasteiger partial charge in [0.05, 0.1) is 4.90 Å². The molecule has 0 radical (unpaired) electrons. The molecule has 3 aromatic carbocycles. The molecular formula is C23H20FNO3S. The van der Waals surface area contributed by atoms with E-state index in [2.05, 4.69) is 5.32 Å². The number of benzene rings is 3. The summed E-state index contributed by atoms with van der Waals surface area (Å²) in [4.78, 5) is 12.4. The van der Waals surface area contributed by atoms with Crippen LogP contribution in [0.3, 0.4) is 0 Å². The van der Waals surface area contributed by atoms with Gasteiger partial charge in [0.15, 0.2) is 9.84 Å². The zero-order valence-corrected chi connectivity index (χ0v) is 16.3. The van der Waals surface area contributed by atoms with E-state index in [4.69, 9.17) is 0 Å². The Labute approximate surface area is 169 Å². The summed E-state index contributed by atoms with van der Waals surface area (Å²) in [5.74, 6) is -0.790. The van der Waals surface area contributed by atoms with E-state index < -0.39 is 21.0 Å². The first kappa shape index (κ1) is 20.5. The number of carbonyl (C=O) groups is 1. The van der Waals surface area contributed by atoms with Gasteiger partial charge in [-0.3, -0.25) is 4.79 Å². The predicted molar refractivity (Wildman–Crippen MR) is 111 cm³/mol. The summed E-state index contributed by atoms with van der Waals surface area (Å²) in [6.45, 7) is -0.0756. The van der Waals surface area contributed by atoms with Gasteiger partial charge >= 0.3 is 0 Å². The number of hydrogen-bond acceptors (Lipinski definition) is 3. The van der Waals surface area contributed by atoms with Gasteiger partial charge in [0.1, 0.15) is 11.1 Å². The Morgan fingerprint density at radius 2 is 1.48 bits per heavy atom. The van der Waals surface area contributed by atoms with Crippen LogP contribution >= 0.6 is 0 Å². The lowest BCUT2D eigenvalue weighted by Crippen LogP contribution is -2.30. The number of carbonyl (C=O) groups excluding carboxylic acids is 1. The van der Waals surface area contributed by atoms with Gasteiger partial charge in [0.25, 0.3) is 0 Å². The fourth-order valence-corrected chi connectivity index (χ4v) is 4.53. The van der Waals surface area contributed by atoms with Crippen LogP contribution in [-0.4, -0.2) is 20.9 Å². The van der Waals surface area contributed by atoms with Gasteiger partial charge in [-0.1, -0.05) is 60.7 Å². The number of sulfone groups is 1. The van der Waals surface area contributed by atoms with Gasteiger partial charge in [0.2, 0.25) is 5.91 Å². The zero-order chi connectivity index (χ0) is 20.7. The third-order valence-electron chi connectivity index (χ3n) is 4.38. The first-order chi connectivity index (χ1) is 14.0. The van der Waals surface area contributed by atoms with Crippen molar-refractivity contribution in [3.63, 3.8) is 0 Å². The van der Waals surface area contributed by atoms with E-state index in [1.165, 1.54) is 24.3 Å². The van der Waals surface area contributed by atoms with Gasteiger partial charge in [-0.05, 0) is 41.5 Å². The highest BCUT2D eigenvalue weighted by molar-refractivity contribution is 7.91. The maximum absolute atomic E-state index is 13.2. The van der Waals surface area contributed by atoms with Crippen LogP contribution in [0.25, 0.3) is 6.08 Å². The summed E-state index contributed by atoms with van der Waals surface area (Å²) in [6.07, 6.45) is 2.84. The highest BCUT2D eigenvalue weighted by Gasteiger charge is 2.29. The lowest BCUT2D eigenvalue weighted by molar-refractivity contribution is -0.116. The van der Waals surface area contributed by atoms with Crippen molar-refractivity contribution < 1.29 is 17.6 Å². The molecule has 1 N–H and O–H groups in total. The molecule has 0 aliphatic rings. The zero-order valence-electron chi connectivity index (χ0n) is 15.5. The lowest BCUT2D eigenvalue weighted by atomic mass is 10.1. The number of halogens is 1. The second-order valence-corrected chi connectivity index (χ2v) is 8.52. The Morgan fingerprint density at radius 3 is 2.10 bits per heavy atom. The molecule has 1 atom stereocenters. The highest BCUT2D eigenvalue weighted by atomic mass is 32.2. The topological polar surface area (TPSA) is 63.2 Å². The average Bonchev–Trinajstić information content (AvgIpc) is 2.75. The van der Waals surface area contributed by atoms with Crippen molar-refractivity contribution in [2.24, 2.45) is 0 Å². The van der Waals surface area contributed by atoms with Crippen LogP contribution in [0, 0.1) is 5.82 Å². The molecule has 6 heteroatoms. The molecule has 0 saturated carbocycles. The van der Waals surface area contributed by atoms with E-state index >= 15 is 0 Å². The lowest BCUT2D eigenvalue weighted by Gasteiger charge is -2.18. The van der Waals surface area contributed by atoms with Crippen LogP contribution < -0.4 is 5.32 Å². The Bertz CT molecular complexity index is 1080. The minimum Gasteiger partial charge on any atom is -0.351 e. The largest absolute Gasteiger partial charge is 0.351 e. The standard InChI is InChI=1S/C23H20FNO3S/c24-20-14-11-18(12-15-20)13-16-23(26)25-17-22(19-7-3-1-4-8-19)29(27,28)21-9-5-2-6-10-21/h1-16,22H,17H2,(H,25,26)/b16-13+/t22-/m1/s1. The number of hydrogen-bond donors (Lipinski definition) is 1. The van der Waals surface area contributed by atoms with Crippen molar-refractivity contribution in [1.29, 1.82) is 0 Å². The molecule has 0 heterocycles. The van der Waals surface area contributed by atoms with E-state index in [9.17, 15) is 17.6 Å². The first-order valence-corrected chi connectivity index (χ1v) is 10.6. The van der Waals surface area contributed by atoms with Crippen molar-refractivity contribution in [2.45, 2.75) is 10.1 Å². The van der Waals surface area contributed by atoms with Crippen LogP contribution in [0.4, 0.5) is 4.39 Å². The van der Waals surface area contributed by atoms with Crippen LogP contribution in [0.1, 0.15) is 16.4 Å². The Kier molecular flexibility index (Phi) is 6.57. The second kappa shape index (κ2) is 9.30. The van der Waals surface area contributed by atoms with Gasteiger partial charge in [0, 0.05) is 12.6 Å². The summed E-state index contributed by atoms with van der Waals surface area (Å²) >= 11 is 0. The molecule has 0 unspecified atom stereocenters. The monoisotopic (exact) mass is 409 g/mol. The minimum absolute atomic E-state index is 0.0756. The Balaban J connectivity index is 1.77. The summed E-state index contributed by atoms with van der Waals surface area (Å²) in [7, 11) is -3.70. The third kappa shape index (κ3) is 5.39. The molecule has 0 fully saturated rings. The molecule has 0 spiro atoms. The summed E-state index contributed by atoms with van der Waals surface area (Å²) in [5.41, 5.74) is 1.26. The van der Waals surface area contributed by atoms with Crippen LogP contribution in [0.5, 0.6) is 0 Å². The average molecular weight is 409 g/mol. The number of rotatable bonds is 7. The molecule has 148 valence electrons. The fraction of sp³-hybridized carbons (Fsp3) is 0.0870. The van der Waals surface area contributed by atoms with Crippen molar-refractivity contribution in [3.8, 4) is 0 Å². The van der Waals surface area contributed by atoms with Crippen molar-refractivity contribution in [3.05, 3.63) is 108 Å². The van der Waals surface area contributed by atoms with E-state index in [0.29, 0.717) is 11.1 Å². The van der Waals surface area contributed by atoms with Crippen molar-refractivity contribution >= 4 is 21.8 Å². The molecule has 0 aromatic heterocycles. The quantitative estimate of drug-likeness (QED) is 0.596. The number of amides is 1. The van der Waals surface area contributed by atoms with Gasteiger partial charge < -0.3 is 5.32 Å². The Hall–Kier alpha value is -3.25. The maximum atomic E-state index is 13.2. The maximum Gasteiger partial charge on any atom is 0.244 e. The molecule has 1 amide bonds. The smallest absolute Gasteiger partial charge is 0.244 e. The summed E-state index contributed by atoms with van der Waals surface area (Å²) in [5, 5.41) is 1.74. The summed E-state index contributed by atoms with van der Waals surface area (Å²) < 4.78 is 39.3. The normalized spacial score (nSPS) is 12.6. The fourth-order valence-electron chi connectivity index (χ4n) is 2.85. The molecule has 0 bridgehead atoms. The molecule has 0 aliphatic heterocycles. The van der Waals surface area contributed by atoms with Gasteiger partial charge in [-0.15, -0.1) is 0 Å². The van der Waals surface area contributed by atoms with Crippen LogP contribution in [-0.2, 0) is 14.6 Å². The molecule has 29 heavy (non-hydrogen) atoms. The molecule has 0 saturated heterocycles. The SMILES string of the molecule is O=C(/C=C/c1ccc(F)cc1)NC[C@H](c1ccccc1)S(=O)(=O)c1ccccc1. The van der Waals surface area contributed by atoms with E-state index in [1.807, 2.05) is 0 Å². The van der Waals surface area contributed by atoms with Gasteiger partial charge in [-0.2, -0.15) is 0 Å². The van der Waals surface area contributed by atoms with E-state index in [-0.39, 0.29) is 17.3 Å². The van der Waals surface area contributed by atoms with E-state index in [0.717, 1.165) is 0 Å². The van der Waals surface area contributed by atoms with Crippen molar-refractivity contribution in [2.75, 3.05) is 6.54 Å². The Morgan fingerprint density at radius 1 is 0.897 bits per heavy atom. The minimum atomic E-state index is -3.70. The molecule has 0 aliphatic carbocycles. The molecular weight excluding hydrogens is 389 g/mol. The van der Waals surface area contributed by atoms with Crippen molar-refractivity contribution in [1.82, 2.24) is 5.32 Å². The van der Waals surface area contributed by atoms with Crippen LogP contribution in [0.15, 0.2) is 95.9 Å². The van der Waals surface area contributed by atoms with E-state index in [1.54, 1.807) is 72.8 Å². The molecule has 4 nitrogen and oxygen atoms in total. The number of nitrogens with one attached hydrogen (secondary N) is 1. The molecule has 3 aromatic rings. The summed E-state index contributed by atoms with van der Waals surface area (Å²) in [6, 6.07) is 22.6. The highest BCUT2D eigenvalue weighted by Crippen LogP contribution is 2.28. The van der Waals surface area contributed by atoms with Gasteiger partial charge in [-0.25, -0.2) is 12.8 Å². The third-order valence-corrected chi connectivity index (χ3v) is 6.49. The second-order valence-electron chi connectivity index (χ2n) is 6.39. The van der Waals surface area contributed by atoms with Crippen LogP contribution in [0.2, 0.25) is 0 Å². The predicted octanol–water partition coefficient (Wildman–Crippen LogP) is 4.17.